The maximum Gasteiger partial charge on any atom is 0.168 e. The van der Waals surface area contributed by atoms with Crippen LogP contribution in [-0.2, 0) is 0 Å². The number of hydrogen-bond acceptors (Lipinski definition) is 5. The van der Waals surface area contributed by atoms with Gasteiger partial charge in [0.2, 0.25) is 0 Å². The summed E-state index contributed by atoms with van der Waals surface area (Å²) in [4.78, 5) is 9.42. The Morgan fingerprint density at radius 2 is 2.30 bits per heavy atom. The fourth-order valence-electron chi connectivity index (χ4n) is 2.79. The van der Waals surface area contributed by atoms with Crippen molar-refractivity contribution in [2.75, 3.05) is 19.3 Å². The summed E-state index contributed by atoms with van der Waals surface area (Å²) in [6, 6.07) is 6.49. The second-order valence-electron chi connectivity index (χ2n) is 4.84. The van der Waals surface area contributed by atoms with Crippen molar-refractivity contribution >= 4 is 45.4 Å². The fourth-order valence-corrected chi connectivity index (χ4v) is 4.44. The minimum Gasteiger partial charge on any atom is -0.463 e. The number of amidine groups is 1. The van der Waals surface area contributed by atoms with Crippen molar-refractivity contribution in [2.24, 2.45) is 4.99 Å². The van der Waals surface area contributed by atoms with Gasteiger partial charge >= 0.3 is 0 Å². The van der Waals surface area contributed by atoms with Gasteiger partial charge in [-0.05, 0) is 31.4 Å². The van der Waals surface area contributed by atoms with Crippen LogP contribution < -0.4 is 0 Å². The quantitative estimate of drug-likeness (QED) is 0.775. The second-order valence-corrected chi connectivity index (χ2v) is 6.87. The lowest BCUT2D eigenvalue weighted by Gasteiger charge is -2.17. The largest absolute Gasteiger partial charge is 0.463 e. The van der Waals surface area contributed by atoms with Crippen LogP contribution in [0.2, 0.25) is 0 Å². The lowest BCUT2D eigenvalue weighted by Crippen LogP contribution is -2.20. The van der Waals surface area contributed by atoms with E-state index in [9.17, 15) is 0 Å². The van der Waals surface area contributed by atoms with Gasteiger partial charge in [-0.25, -0.2) is 0 Å². The molecule has 0 radical (unpaired) electrons. The highest BCUT2D eigenvalue weighted by atomic mass is 32.2. The number of fused-ring (bicyclic) bond motifs is 2. The van der Waals surface area contributed by atoms with Crippen molar-refractivity contribution in [3.63, 3.8) is 0 Å². The molecule has 0 saturated heterocycles. The molecule has 0 fully saturated rings. The molecule has 0 atom stereocenters. The summed E-state index contributed by atoms with van der Waals surface area (Å²) in [5.41, 5.74) is 3.56. The SMILES string of the molecule is CSc1cc(C2=C(C)SC3=NCCN32)cc2ccoc12. The first-order valence-electron chi connectivity index (χ1n) is 6.54. The molecule has 0 saturated carbocycles. The van der Waals surface area contributed by atoms with E-state index in [1.165, 1.54) is 26.4 Å². The Bertz CT molecular complexity index is 760. The average Bonchev–Trinajstić information content (AvgIpc) is 3.11. The molecule has 3 nitrogen and oxygen atoms in total. The van der Waals surface area contributed by atoms with Crippen LogP contribution >= 0.6 is 23.5 Å². The summed E-state index contributed by atoms with van der Waals surface area (Å²) in [5, 5.41) is 2.32. The van der Waals surface area contributed by atoms with Crippen molar-refractivity contribution in [2.45, 2.75) is 11.8 Å². The van der Waals surface area contributed by atoms with Gasteiger partial charge in [0.15, 0.2) is 5.17 Å². The molecule has 1 aromatic heterocycles. The number of nitrogens with zero attached hydrogens (tertiary/aromatic N) is 2. The van der Waals surface area contributed by atoms with Gasteiger partial charge in [0.1, 0.15) is 5.58 Å². The summed E-state index contributed by atoms with van der Waals surface area (Å²) >= 11 is 3.52. The molecule has 5 heteroatoms. The highest BCUT2D eigenvalue weighted by Crippen LogP contribution is 2.43. The van der Waals surface area contributed by atoms with Gasteiger partial charge in [0, 0.05) is 22.4 Å². The Morgan fingerprint density at radius 1 is 1.40 bits per heavy atom. The molecule has 1 aromatic carbocycles. The van der Waals surface area contributed by atoms with Crippen LogP contribution in [0.25, 0.3) is 16.7 Å². The zero-order valence-corrected chi connectivity index (χ0v) is 13.0. The maximum absolute atomic E-state index is 5.59. The third-order valence-electron chi connectivity index (χ3n) is 3.66. The molecule has 2 aliphatic heterocycles. The number of aliphatic imine (C=N–C) groups is 1. The first kappa shape index (κ1) is 12.4. The van der Waals surface area contributed by atoms with E-state index >= 15 is 0 Å². The molecular weight excluding hydrogens is 288 g/mol. The molecule has 0 aliphatic carbocycles. The highest BCUT2D eigenvalue weighted by Gasteiger charge is 2.31. The third kappa shape index (κ3) is 1.73. The molecule has 0 amide bonds. The van der Waals surface area contributed by atoms with E-state index in [2.05, 4.69) is 35.2 Å². The van der Waals surface area contributed by atoms with Crippen LogP contribution in [-0.4, -0.2) is 29.4 Å². The molecule has 0 spiro atoms. The summed E-state index contributed by atoms with van der Waals surface area (Å²) in [6.45, 7) is 4.08. The number of hydrogen-bond donors (Lipinski definition) is 0. The van der Waals surface area contributed by atoms with E-state index in [1.807, 2.05) is 6.07 Å². The van der Waals surface area contributed by atoms with Gasteiger partial charge in [-0.15, -0.1) is 11.8 Å². The van der Waals surface area contributed by atoms with E-state index < -0.39 is 0 Å². The standard InChI is InChI=1S/C15H14N2OS2/c1-9-13(17-5-4-16-15(17)20-9)11-7-10-3-6-18-14(10)12(8-11)19-2/h3,6-8H,4-5H2,1-2H3. The molecule has 2 aliphatic rings. The van der Waals surface area contributed by atoms with Crippen molar-refractivity contribution in [3.05, 3.63) is 34.9 Å². The van der Waals surface area contributed by atoms with Gasteiger partial charge in [-0.3, -0.25) is 4.99 Å². The molecule has 0 N–H and O–H groups in total. The Morgan fingerprint density at radius 3 is 3.15 bits per heavy atom. The number of furan rings is 1. The van der Waals surface area contributed by atoms with Crippen LogP contribution in [0, 0.1) is 0 Å². The Kier molecular flexibility index (Phi) is 2.86. The molecule has 0 unspecified atom stereocenters. The molecule has 2 aromatic rings. The van der Waals surface area contributed by atoms with Crippen LogP contribution in [0.15, 0.2) is 43.7 Å². The van der Waals surface area contributed by atoms with Crippen molar-refractivity contribution in [3.8, 4) is 0 Å². The fraction of sp³-hybridized carbons (Fsp3) is 0.267. The van der Waals surface area contributed by atoms with E-state index in [0.29, 0.717) is 0 Å². The third-order valence-corrected chi connectivity index (χ3v) is 5.43. The summed E-state index contributed by atoms with van der Waals surface area (Å²) < 4.78 is 5.59. The molecule has 0 bridgehead atoms. The van der Waals surface area contributed by atoms with Crippen LogP contribution in [0.3, 0.4) is 0 Å². The van der Waals surface area contributed by atoms with Crippen LogP contribution in [0.4, 0.5) is 0 Å². The summed E-state index contributed by atoms with van der Waals surface area (Å²) in [7, 11) is 0. The predicted molar refractivity (Wildman–Crippen MR) is 87.2 cm³/mol. The summed E-state index contributed by atoms with van der Waals surface area (Å²) in [5.74, 6) is 0. The minimum atomic E-state index is 0.905. The molecule has 102 valence electrons. The molecule has 3 heterocycles. The normalized spacial score (nSPS) is 18.1. The first-order chi connectivity index (χ1) is 9.78. The zero-order chi connectivity index (χ0) is 13.7. The number of thioether (sulfide) groups is 2. The number of rotatable bonds is 2. The van der Waals surface area contributed by atoms with Gasteiger partial charge in [-0.1, -0.05) is 11.8 Å². The predicted octanol–water partition coefficient (Wildman–Crippen LogP) is 4.26. The van der Waals surface area contributed by atoms with E-state index in [1.54, 1.807) is 29.8 Å². The van der Waals surface area contributed by atoms with Crippen molar-refractivity contribution < 1.29 is 4.42 Å². The van der Waals surface area contributed by atoms with Gasteiger partial charge < -0.3 is 9.32 Å². The zero-order valence-electron chi connectivity index (χ0n) is 11.3. The van der Waals surface area contributed by atoms with Gasteiger partial charge in [0.05, 0.1) is 23.4 Å². The maximum atomic E-state index is 5.59. The molecular formula is C15H14N2OS2. The Labute approximate surface area is 126 Å². The highest BCUT2D eigenvalue weighted by molar-refractivity contribution is 8.17. The topological polar surface area (TPSA) is 28.7 Å². The summed E-state index contributed by atoms with van der Waals surface area (Å²) in [6.07, 6.45) is 3.86. The lowest BCUT2D eigenvalue weighted by molar-refractivity contribution is 0.608. The van der Waals surface area contributed by atoms with E-state index in [-0.39, 0.29) is 0 Å². The smallest absolute Gasteiger partial charge is 0.168 e. The number of allylic oxidation sites excluding steroid dienone is 1. The second kappa shape index (κ2) is 4.60. The lowest BCUT2D eigenvalue weighted by atomic mass is 10.1. The van der Waals surface area contributed by atoms with E-state index in [0.717, 1.165) is 23.8 Å². The average molecular weight is 302 g/mol. The monoisotopic (exact) mass is 302 g/mol. The molecule has 20 heavy (non-hydrogen) atoms. The first-order valence-corrected chi connectivity index (χ1v) is 8.58. The molecule has 4 rings (SSSR count). The minimum absolute atomic E-state index is 0.905. The number of benzene rings is 1. The van der Waals surface area contributed by atoms with Crippen LogP contribution in [0.1, 0.15) is 12.5 Å². The van der Waals surface area contributed by atoms with Crippen LogP contribution in [0.5, 0.6) is 0 Å². The van der Waals surface area contributed by atoms with Crippen molar-refractivity contribution in [1.29, 1.82) is 0 Å². The Hall–Kier alpha value is -1.33. The van der Waals surface area contributed by atoms with E-state index in [4.69, 9.17) is 4.42 Å². The van der Waals surface area contributed by atoms with Gasteiger partial charge in [0.25, 0.3) is 0 Å². The van der Waals surface area contributed by atoms with Crippen molar-refractivity contribution in [1.82, 2.24) is 4.90 Å². The van der Waals surface area contributed by atoms with Gasteiger partial charge in [-0.2, -0.15) is 0 Å². The Balaban J connectivity index is 1.90.